The highest BCUT2D eigenvalue weighted by Crippen LogP contribution is 2.46. The van der Waals surface area contributed by atoms with Gasteiger partial charge < -0.3 is 23.8 Å². The zero-order valence-electron chi connectivity index (χ0n) is 18.3. The summed E-state index contributed by atoms with van der Waals surface area (Å²) >= 11 is 6.33. The van der Waals surface area contributed by atoms with Crippen molar-refractivity contribution in [1.29, 1.82) is 5.26 Å². The lowest BCUT2D eigenvalue weighted by molar-refractivity contribution is -0.120. The Morgan fingerprint density at radius 2 is 2.27 bits per heavy atom. The number of nitrogens with zero attached hydrogens (tertiary/aromatic N) is 6. The monoisotopic (exact) mass is 470 g/mol. The quantitative estimate of drug-likeness (QED) is 0.632. The molecule has 1 saturated heterocycles. The number of ether oxygens (including phenoxy) is 2. The molecule has 0 spiro atoms. The number of hydrogen-bond donors (Lipinski definition) is 0. The number of nitriles is 1. The van der Waals surface area contributed by atoms with E-state index in [0.717, 1.165) is 12.8 Å². The van der Waals surface area contributed by atoms with Crippen LogP contribution in [0.3, 0.4) is 0 Å². The maximum atomic E-state index is 13.9. The second-order valence-electron chi connectivity index (χ2n) is 8.39. The molecule has 0 saturated carbocycles. The van der Waals surface area contributed by atoms with Crippen LogP contribution >= 0.6 is 11.6 Å². The largest absolute Gasteiger partial charge is 0.384 e. The van der Waals surface area contributed by atoms with Crippen molar-refractivity contribution in [1.82, 2.24) is 10.1 Å². The predicted octanol–water partition coefficient (Wildman–Crippen LogP) is 2.83. The number of carbonyl (C=O) groups is 1. The van der Waals surface area contributed by atoms with Gasteiger partial charge in [-0.15, -0.1) is 0 Å². The fourth-order valence-corrected chi connectivity index (χ4v) is 4.79. The summed E-state index contributed by atoms with van der Waals surface area (Å²) in [5, 5.41) is 14.2. The summed E-state index contributed by atoms with van der Waals surface area (Å²) in [6.07, 6.45) is 3.27. The number of benzene rings is 1. The third-order valence-electron chi connectivity index (χ3n) is 6.21. The van der Waals surface area contributed by atoms with E-state index in [4.69, 9.17) is 25.6 Å². The van der Waals surface area contributed by atoms with E-state index in [0.29, 0.717) is 42.0 Å². The van der Waals surface area contributed by atoms with Crippen LogP contribution in [0.1, 0.15) is 49.0 Å². The summed E-state index contributed by atoms with van der Waals surface area (Å²) in [7, 11) is 1.61. The molecular weight excluding hydrogens is 448 g/mol. The second kappa shape index (κ2) is 8.74. The zero-order valence-corrected chi connectivity index (χ0v) is 19.0. The molecule has 3 aliphatic heterocycles. The number of aromatic nitrogens is 2. The van der Waals surface area contributed by atoms with E-state index in [9.17, 15) is 10.1 Å². The second-order valence-corrected chi connectivity index (χ2v) is 8.80. The molecule has 1 aromatic heterocycles. The number of aliphatic imine (C=N–C) groups is 1. The van der Waals surface area contributed by atoms with Crippen LogP contribution in [-0.4, -0.2) is 61.4 Å². The van der Waals surface area contributed by atoms with Crippen molar-refractivity contribution >= 4 is 35.2 Å². The fourth-order valence-electron chi connectivity index (χ4n) is 4.59. The van der Waals surface area contributed by atoms with Gasteiger partial charge in [-0.1, -0.05) is 23.7 Å². The molecule has 0 bridgehead atoms. The lowest BCUT2D eigenvalue weighted by Gasteiger charge is -2.40. The summed E-state index contributed by atoms with van der Waals surface area (Å²) in [5.41, 5.74) is 1.41. The van der Waals surface area contributed by atoms with Crippen LogP contribution in [-0.2, 0) is 14.3 Å². The lowest BCUT2D eigenvalue weighted by Crippen LogP contribution is -2.54. The number of rotatable bonds is 6. The first-order valence-corrected chi connectivity index (χ1v) is 11.2. The molecule has 0 N–H and O–H groups in total. The molecule has 1 amide bonds. The third-order valence-corrected chi connectivity index (χ3v) is 6.53. The maximum Gasteiger partial charge on any atom is 0.254 e. The normalized spacial score (nSPS) is 24.7. The molecule has 10 nitrogen and oxygen atoms in total. The van der Waals surface area contributed by atoms with E-state index in [1.807, 2.05) is 6.92 Å². The van der Waals surface area contributed by atoms with Crippen molar-refractivity contribution in [2.75, 3.05) is 36.7 Å². The predicted molar refractivity (Wildman–Crippen MR) is 120 cm³/mol. The van der Waals surface area contributed by atoms with Crippen LogP contribution in [0.2, 0.25) is 5.02 Å². The Balaban J connectivity index is 1.54. The van der Waals surface area contributed by atoms with Gasteiger partial charge in [0.15, 0.2) is 11.9 Å². The molecule has 1 aromatic carbocycles. The number of hydrogen-bond acceptors (Lipinski definition) is 9. The Morgan fingerprint density at radius 1 is 1.42 bits per heavy atom. The zero-order chi connectivity index (χ0) is 23.1. The number of carbonyl (C=O) groups excluding carboxylic acids is 1. The van der Waals surface area contributed by atoms with Gasteiger partial charge in [0.1, 0.15) is 12.1 Å². The van der Waals surface area contributed by atoms with Crippen LogP contribution < -0.4 is 9.80 Å². The molecule has 172 valence electrons. The average molecular weight is 471 g/mol. The SMILES string of the molecule is COCC(C)c1noc(C2N=CN3c4ccc(Cl)c(C#N)c4N(CC4CCCO4)C(=O)C23)n1. The van der Waals surface area contributed by atoms with Crippen LogP contribution in [0.15, 0.2) is 21.6 Å². The summed E-state index contributed by atoms with van der Waals surface area (Å²) in [5.74, 6) is 0.482. The van der Waals surface area contributed by atoms with Gasteiger partial charge in [-0.2, -0.15) is 10.2 Å². The van der Waals surface area contributed by atoms with Crippen molar-refractivity contribution in [3.05, 3.63) is 34.4 Å². The number of methoxy groups -OCH3 is 1. The van der Waals surface area contributed by atoms with Crippen LogP contribution in [0, 0.1) is 11.3 Å². The minimum Gasteiger partial charge on any atom is -0.384 e. The van der Waals surface area contributed by atoms with E-state index in [-0.39, 0.29) is 29.4 Å². The highest BCUT2D eigenvalue weighted by molar-refractivity contribution is 6.33. The highest BCUT2D eigenvalue weighted by Gasteiger charge is 2.49. The van der Waals surface area contributed by atoms with Crippen molar-refractivity contribution < 1.29 is 18.8 Å². The van der Waals surface area contributed by atoms with Gasteiger partial charge in [-0.05, 0) is 25.0 Å². The van der Waals surface area contributed by atoms with Crippen LogP contribution in [0.25, 0.3) is 0 Å². The molecule has 4 atom stereocenters. The lowest BCUT2D eigenvalue weighted by atomic mass is 9.98. The maximum absolute atomic E-state index is 13.9. The van der Waals surface area contributed by atoms with Gasteiger partial charge in [0.2, 0.25) is 0 Å². The molecule has 3 aliphatic rings. The molecule has 2 aromatic rings. The first-order chi connectivity index (χ1) is 16.0. The summed E-state index contributed by atoms with van der Waals surface area (Å²) in [6, 6.07) is 4.24. The van der Waals surface area contributed by atoms with Gasteiger partial charge in [0.25, 0.3) is 11.8 Å². The molecular formula is C22H23ClN6O4. The summed E-state index contributed by atoms with van der Waals surface area (Å²) < 4.78 is 16.5. The van der Waals surface area contributed by atoms with E-state index in [1.54, 1.807) is 35.4 Å². The van der Waals surface area contributed by atoms with Crippen molar-refractivity contribution in [3.8, 4) is 6.07 Å². The molecule has 33 heavy (non-hydrogen) atoms. The fraction of sp³-hybridized carbons (Fsp3) is 0.500. The molecule has 11 heteroatoms. The topological polar surface area (TPSA) is 117 Å². The Hall–Kier alpha value is -3.00. The molecule has 4 unspecified atom stereocenters. The molecule has 5 rings (SSSR count). The first-order valence-electron chi connectivity index (χ1n) is 10.8. The van der Waals surface area contributed by atoms with Gasteiger partial charge >= 0.3 is 0 Å². The smallest absolute Gasteiger partial charge is 0.254 e. The molecule has 0 radical (unpaired) electrons. The van der Waals surface area contributed by atoms with Gasteiger partial charge in [0.05, 0.1) is 47.6 Å². The van der Waals surface area contributed by atoms with Crippen molar-refractivity contribution in [3.63, 3.8) is 0 Å². The first kappa shape index (κ1) is 21.8. The number of amides is 1. The Labute approximate surface area is 195 Å². The van der Waals surface area contributed by atoms with Gasteiger partial charge in [0, 0.05) is 19.6 Å². The molecule has 0 aliphatic carbocycles. The minimum absolute atomic E-state index is 0.0619. The number of halogens is 1. The number of fused-ring (bicyclic) bond motifs is 3. The van der Waals surface area contributed by atoms with Crippen LogP contribution in [0.5, 0.6) is 0 Å². The summed E-state index contributed by atoms with van der Waals surface area (Å²) in [4.78, 5) is 26.3. The Bertz CT molecular complexity index is 1140. The van der Waals surface area contributed by atoms with Crippen molar-refractivity contribution in [2.45, 2.75) is 43.9 Å². The Morgan fingerprint density at radius 3 is 3.00 bits per heavy atom. The standard InChI is InChI=1S/C22H23ClN6O4/c1-12(10-31-2)20-26-21(33-27-20)17-19-22(30)28(9-13-4-3-7-32-13)18-14(8-24)15(23)5-6-16(18)29(19)11-25-17/h5-6,11-13,17,19H,3-4,7,9-10H2,1-2H3. The van der Waals surface area contributed by atoms with E-state index < -0.39 is 12.1 Å². The average Bonchev–Trinajstić information content (AvgIpc) is 3.57. The van der Waals surface area contributed by atoms with Crippen LogP contribution in [0.4, 0.5) is 11.4 Å². The van der Waals surface area contributed by atoms with E-state index in [2.05, 4.69) is 21.2 Å². The Kier molecular flexibility index (Phi) is 5.78. The van der Waals surface area contributed by atoms with Gasteiger partial charge in [-0.25, -0.2) is 0 Å². The summed E-state index contributed by atoms with van der Waals surface area (Å²) in [6.45, 7) is 3.37. The minimum atomic E-state index is -0.711. The highest BCUT2D eigenvalue weighted by atomic mass is 35.5. The van der Waals surface area contributed by atoms with Crippen molar-refractivity contribution in [2.24, 2.45) is 4.99 Å². The number of anilines is 2. The molecule has 4 heterocycles. The van der Waals surface area contributed by atoms with Gasteiger partial charge in [-0.3, -0.25) is 9.79 Å². The van der Waals surface area contributed by atoms with E-state index in [1.165, 1.54) is 0 Å². The molecule has 1 fully saturated rings. The third kappa shape index (κ3) is 3.66. The van der Waals surface area contributed by atoms with E-state index >= 15 is 0 Å².